The molecule has 0 bridgehead atoms. The van der Waals surface area contributed by atoms with Crippen LogP contribution in [0.15, 0.2) is 60.3 Å². The highest BCUT2D eigenvalue weighted by atomic mass is 15.1. The number of aryl methyl sites for hydroxylation is 2. The minimum atomic E-state index is 0.581. The number of aromatic nitrogens is 1. The van der Waals surface area contributed by atoms with Gasteiger partial charge in [-0.25, -0.2) is 4.98 Å². The average Bonchev–Trinajstić information content (AvgIpc) is 2.64. The van der Waals surface area contributed by atoms with Gasteiger partial charge in [-0.1, -0.05) is 35.4 Å². The zero-order valence-corrected chi connectivity index (χ0v) is 15.1. The molecule has 3 heteroatoms. The highest BCUT2D eigenvalue weighted by Gasteiger charge is 2.19. The zero-order valence-electron chi connectivity index (χ0n) is 15.1. The number of benzene rings is 2. The molecule has 0 unspecified atom stereocenters. The Balaban J connectivity index is 1.86. The largest absolute Gasteiger partial charge is 0.343 e. The van der Waals surface area contributed by atoms with E-state index >= 15 is 0 Å². The third kappa shape index (κ3) is 2.66. The van der Waals surface area contributed by atoms with Gasteiger partial charge < -0.3 is 4.90 Å². The molecular formula is C23H19N3. The Labute approximate surface area is 153 Å². The normalized spacial score (nSPS) is 14.9. The summed E-state index contributed by atoms with van der Waals surface area (Å²) in [6.07, 6.45) is 4.07. The van der Waals surface area contributed by atoms with Crippen molar-refractivity contribution in [2.24, 2.45) is 0 Å². The van der Waals surface area contributed by atoms with Crippen molar-refractivity contribution in [1.82, 2.24) is 4.98 Å². The molecule has 0 fully saturated rings. The van der Waals surface area contributed by atoms with Gasteiger partial charge in [0, 0.05) is 18.1 Å². The number of rotatable bonds is 1. The molecule has 2 heterocycles. The first-order valence-electron chi connectivity index (χ1n) is 8.61. The van der Waals surface area contributed by atoms with Crippen LogP contribution >= 0.6 is 0 Å². The van der Waals surface area contributed by atoms with Crippen molar-refractivity contribution in [2.75, 3.05) is 11.9 Å². The summed E-state index contributed by atoms with van der Waals surface area (Å²) in [6.45, 7) is 4.15. The van der Waals surface area contributed by atoms with Crippen LogP contribution in [0.5, 0.6) is 0 Å². The number of hydrogen-bond acceptors (Lipinski definition) is 3. The van der Waals surface area contributed by atoms with Crippen molar-refractivity contribution in [3.63, 3.8) is 0 Å². The van der Waals surface area contributed by atoms with E-state index in [0.29, 0.717) is 11.3 Å². The number of hydrogen-bond donors (Lipinski definition) is 0. The fraction of sp³-hybridized carbons (Fsp3) is 0.130. The predicted molar refractivity (Wildman–Crippen MR) is 108 cm³/mol. The number of pyridine rings is 1. The molecule has 1 aliphatic rings. The molecule has 0 aliphatic carbocycles. The van der Waals surface area contributed by atoms with Crippen molar-refractivity contribution in [2.45, 2.75) is 13.8 Å². The van der Waals surface area contributed by atoms with E-state index in [1.807, 2.05) is 37.4 Å². The molecule has 0 radical (unpaired) electrons. The summed E-state index contributed by atoms with van der Waals surface area (Å²) in [6, 6.07) is 18.8. The first-order chi connectivity index (χ1) is 12.6. The van der Waals surface area contributed by atoms with E-state index < -0.39 is 0 Å². The van der Waals surface area contributed by atoms with Gasteiger partial charge in [0.15, 0.2) is 0 Å². The monoisotopic (exact) mass is 337 g/mol. The summed E-state index contributed by atoms with van der Waals surface area (Å²) in [4.78, 5) is 6.79. The summed E-state index contributed by atoms with van der Waals surface area (Å²) >= 11 is 0. The number of nitrogens with zero attached hydrogens (tertiary/aromatic N) is 3. The van der Waals surface area contributed by atoms with Crippen LogP contribution in [0.2, 0.25) is 0 Å². The quantitative estimate of drug-likeness (QED) is 0.569. The van der Waals surface area contributed by atoms with Gasteiger partial charge in [-0.2, -0.15) is 5.26 Å². The molecule has 0 saturated heterocycles. The van der Waals surface area contributed by atoms with Gasteiger partial charge in [-0.15, -0.1) is 0 Å². The fourth-order valence-electron chi connectivity index (χ4n) is 3.40. The fourth-order valence-corrected chi connectivity index (χ4v) is 3.40. The van der Waals surface area contributed by atoms with Crippen LogP contribution in [0.3, 0.4) is 0 Å². The van der Waals surface area contributed by atoms with Gasteiger partial charge in [0.1, 0.15) is 11.6 Å². The highest BCUT2D eigenvalue weighted by Crippen LogP contribution is 2.33. The second kappa shape index (κ2) is 6.16. The number of nitriles is 1. The van der Waals surface area contributed by atoms with Crippen LogP contribution in [-0.4, -0.2) is 12.0 Å². The summed E-state index contributed by atoms with van der Waals surface area (Å²) in [7, 11) is 1.99. The van der Waals surface area contributed by atoms with E-state index in [1.165, 1.54) is 11.1 Å². The summed E-state index contributed by atoms with van der Waals surface area (Å²) in [5.41, 5.74) is 7.73. The molecule has 3 nitrogen and oxygen atoms in total. The maximum absolute atomic E-state index is 9.85. The minimum Gasteiger partial charge on any atom is -0.343 e. The molecule has 2 aromatic carbocycles. The molecular weight excluding hydrogens is 318 g/mol. The van der Waals surface area contributed by atoms with Crippen LogP contribution in [-0.2, 0) is 0 Å². The van der Waals surface area contributed by atoms with Gasteiger partial charge in [-0.05, 0) is 55.8 Å². The number of anilines is 1. The Morgan fingerprint density at radius 1 is 0.962 bits per heavy atom. The number of allylic oxidation sites excluding steroid dienone is 2. The predicted octanol–water partition coefficient (Wildman–Crippen LogP) is 5.25. The summed E-state index contributed by atoms with van der Waals surface area (Å²) < 4.78 is 0. The molecule has 0 amide bonds. The van der Waals surface area contributed by atoms with Gasteiger partial charge >= 0.3 is 0 Å². The number of likely N-dealkylation sites (N-methyl/N-ethyl adjacent to an activating group) is 1. The summed E-state index contributed by atoms with van der Waals surface area (Å²) in [5, 5.41) is 10.9. The summed E-state index contributed by atoms with van der Waals surface area (Å²) in [5.74, 6) is 0. The van der Waals surface area contributed by atoms with Crippen LogP contribution in [0.1, 0.15) is 22.4 Å². The Kier molecular flexibility index (Phi) is 3.82. The minimum absolute atomic E-state index is 0.581. The molecule has 0 saturated carbocycles. The van der Waals surface area contributed by atoms with Crippen molar-refractivity contribution in [3.05, 3.63) is 82.7 Å². The molecule has 26 heavy (non-hydrogen) atoms. The van der Waals surface area contributed by atoms with Crippen LogP contribution in [0, 0.1) is 25.2 Å². The molecule has 0 atom stereocenters. The third-order valence-electron chi connectivity index (χ3n) is 4.80. The van der Waals surface area contributed by atoms with E-state index in [4.69, 9.17) is 4.98 Å². The first-order valence-corrected chi connectivity index (χ1v) is 8.61. The maximum Gasteiger partial charge on any atom is 0.104 e. The van der Waals surface area contributed by atoms with Gasteiger partial charge in [0.25, 0.3) is 0 Å². The van der Waals surface area contributed by atoms with Crippen molar-refractivity contribution in [3.8, 4) is 6.07 Å². The second-order valence-corrected chi connectivity index (χ2v) is 6.72. The lowest BCUT2D eigenvalue weighted by atomic mass is 10.0. The lowest BCUT2D eigenvalue weighted by Crippen LogP contribution is -2.20. The van der Waals surface area contributed by atoms with E-state index in [0.717, 1.165) is 27.9 Å². The first kappa shape index (κ1) is 16.1. The van der Waals surface area contributed by atoms with E-state index in [2.05, 4.69) is 55.2 Å². The van der Waals surface area contributed by atoms with Crippen molar-refractivity contribution >= 4 is 28.2 Å². The van der Waals surface area contributed by atoms with Crippen molar-refractivity contribution in [1.29, 1.82) is 5.26 Å². The Morgan fingerprint density at radius 2 is 1.73 bits per heavy atom. The second-order valence-electron chi connectivity index (χ2n) is 6.72. The van der Waals surface area contributed by atoms with Gasteiger partial charge in [0.2, 0.25) is 0 Å². The van der Waals surface area contributed by atoms with E-state index in [1.54, 1.807) is 0 Å². The van der Waals surface area contributed by atoms with Gasteiger partial charge in [0.05, 0.1) is 16.9 Å². The third-order valence-corrected chi connectivity index (χ3v) is 4.80. The molecule has 3 aromatic rings. The topological polar surface area (TPSA) is 39.9 Å². The molecule has 0 spiro atoms. The lowest BCUT2D eigenvalue weighted by molar-refractivity contribution is 1.12. The average molecular weight is 337 g/mol. The molecule has 1 aliphatic heterocycles. The SMILES string of the molecule is Cc1ccc2c(c1)C=C/C(=C(/C#N)c1ccc3cc(C)ccc3n1)N2C. The standard InChI is InChI=1S/C23H19N3/c1-15-4-8-20-17(12-15)6-9-21(25-20)19(14-24)23-11-7-18-13-16(2)5-10-22(18)26(23)3/h4-13H,1-3H3/b23-19+. The molecule has 1 aromatic heterocycles. The van der Waals surface area contributed by atoms with Crippen LogP contribution in [0.4, 0.5) is 5.69 Å². The maximum atomic E-state index is 9.85. The molecule has 4 rings (SSSR count). The lowest BCUT2D eigenvalue weighted by Gasteiger charge is -2.27. The number of fused-ring (bicyclic) bond motifs is 2. The molecule has 0 N–H and O–H groups in total. The van der Waals surface area contributed by atoms with Crippen LogP contribution in [0.25, 0.3) is 22.6 Å². The Morgan fingerprint density at radius 3 is 2.54 bits per heavy atom. The molecule has 126 valence electrons. The van der Waals surface area contributed by atoms with Gasteiger partial charge in [-0.3, -0.25) is 0 Å². The van der Waals surface area contributed by atoms with E-state index in [9.17, 15) is 5.26 Å². The highest BCUT2D eigenvalue weighted by molar-refractivity contribution is 5.90. The Bertz CT molecular complexity index is 1130. The Hall–Kier alpha value is -3.38. The zero-order chi connectivity index (χ0) is 18.3. The van der Waals surface area contributed by atoms with Crippen molar-refractivity contribution < 1.29 is 0 Å². The van der Waals surface area contributed by atoms with E-state index in [-0.39, 0.29) is 0 Å². The van der Waals surface area contributed by atoms with Crippen LogP contribution < -0.4 is 4.90 Å². The smallest absolute Gasteiger partial charge is 0.104 e.